The van der Waals surface area contributed by atoms with Crippen molar-refractivity contribution < 1.29 is 18.7 Å². The fourth-order valence-electron chi connectivity index (χ4n) is 3.72. The van der Waals surface area contributed by atoms with E-state index >= 15 is 0 Å². The van der Waals surface area contributed by atoms with E-state index in [0.29, 0.717) is 5.76 Å². The van der Waals surface area contributed by atoms with Gasteiger partial charge in [-0.2, -0.15) is 0 Å². The maximum atomic E-state index is 12.4. The van der Waals surface area contributed by atoms with Crippen LogP contribution in [0.1, 0.15) is 62.8 Å². The Labute approximate surface area is 142 Å². The average molecular weight is 334 g/mol. The second-order valence-corrected chi connectivity index (χ2v) is 7.82. The van der Waals surface area contributed by atoms with E-state index in [1.807, 2.05) is 32.6 Å². The summed E-state index contributed by atoms with van der Waals surface area (Å²) in [4.78, 5) is 26.6. The molecule has 2 aliphatic rings. The molecule has 2 unspecified atom stereocenters. The van der Waals surface area contributed by atoms with Crippen LogP contribution in [-0.4, -0.2) is 40.6 Å². The number of furan rings is 1. The molecule has 2 atom stereocenters. The molecule has 3 heterocycles. The number of hydrogen-bond acceptors (Lipinski definition) is 4. The highest BCUT2D eigenvalue weighted by molar-refractivity contribution is 5.91. The minimum absolute atomic E-state index is 0.0686. The SMILES string of the molecule is Cc1ccc(C(=O)NC2CC3CCC(C2)N3C(=O)OC(C)(C)C)o1. The predicted octanol–water partition coefficient (Wildman–Crippen LogP) is 3.25. The topological polar surface area (TPSA) is 71.8 Å². The van der Waals surface area contributed by atoms with Crippen molar-refractivity contribution in [1.29, 1.82) is 0 Å². The van der Waals surface area contributed by atoms with Crippen molar-refractivity contribution in [2.45, 2.75) is 77.1 Å². The summed E-state index contributed by atoms with van der Waals surface area (Å²) in [6, 6.07) is 3.82. The summed E-state index contributed by atoms with van der Waals surface area (Å²) in [7, 11) is 0. The van der Waals surface area contributed by atoms with E-state index < -0.39 is 5.60 Å². The molecule has 1 aromatic heterocycles. The molecule has 2 bridgehead atoms. The van der Waals surface area contributed by atoms with E-state index in [4.69, 9.17) is 9.15 Å². The summed E-state index contributed by atoms with van der Waals surface area (Å²) in [5.41, 5.74) is -0.487. The van der Waals surface area contributed by atoms with Crippen molar-refractivity contribution in [2.75, 3.05) is 0 Å². The van der Waals surface area contributed by atoms with Crippen LogP contribution >= 0.6 is 0 Å². The van der Waals surface area contributed by atoms with Gasteiger partial charge >= 0.3 is 6.09 Å². The first kappa shape index (κ1) is 16.9. The van der Waals surface area contributed by atoms with Gasteiger partial charge in [0.15, 0.2) is 5.76 Å². The number of fused-ring (bicyclic) bond motifs is 2. The van der Waals surface area contributed by atoms with Crippen molar-refractivity contribution >= 4 is 12.0 Å². The molecule has 6 heteroatoms. The standard InChI is InChI=1S/C18H26N2O4/c1-11-5-8-15(23-11)16(21)19-12-9-13-6-7-14(10-12)20(13)17(22)24-18(2,3)4/h5,8,12-14H,6-7,9-10H2,1-4H3,(H,19,21). The van der Waals surface area contributed by atoms with Gasteiger partial charge in [-0.25, -0.2) is 4.79 Å². The van der Waals surface area contributed by atoms with Crippen LogP contribution in [0.2, 0.25) is 0 Å². The third-order valence-corrected chi connectivity index (χ3v) is 4.64. The molecule has 3 rings (SSSR count). The maximum absolute atomic E-state index is 12.4. The minimum atomic E-state index is -0.487. The molecular formula is C18H26N2O4. The lowest BCUT2D eigenvalue weighted by Gasteiger charge is -2.39. The quantitative estimate of drug-likeness (QED) is 0.901. The lowest BCUT2D eigenvalue weighted by molar-refractivity contribution is 0.00494. The van der Waals surface area contributed by atoms with Gasteiger partial charge in [0.1, 0.15) is 11.4 Å². The van der Waals surface area contributed by atoms with Crippen LogP contribution in [0, 0.1) is 6.92 Å². The van der Waals surface area contributed by atoms with Crippen molar-refractivity contribution in [3.05, 3.63) is 23.7 Å². The largest absolute Gasteiger partial charge is 0.456 e. The Hall–Kier alpha value is -1.98. The summed E-state index contributed by atoms with van der Waals surface area (Å²) in [5, 5.41) is 3.05. The first-order chi connectivity index (χ1) is 11.2. The third-order valence-electron chi connectivity index (χ3n) is 4.64. The van der Waals surface area contributed by atoms with Crippen LogP contribution in [0.5, 0.6) is 0 Å². The molecule has 2 aliphatic heterocycles. The second-order valence-electron chi connectivity index (χ2n) is 7.82. The number of amides is 2. The molecule has 2 fully saturated rings. The fraction of sp³-hybridized carbons (Fsp3) is 0.667. The molecule has 0 radical (unpaired) electrons. The van der Waals surface area contributed by atoms with E-state index in [9.17, 15) is 9.59 Å². The lowest BCUT2D eigenvalue weighted by atomic mass is 9.97. The van der Waals surface area contributed by atoms with Gasteiger partial charge in [0.05, 0.1) is 0 Å². The van der Waals surface area contributed by atoms with E-state index in [1.165, 1.54) is 0 Å². The molecular weight excluding hydrogens is 308 g/mol. The van der Waals surface area contributed by atoms with Crippen LogP contribution in [0.15, 0.2) is 16.5 Å². The van der Waals surface area contributed by atoms with Gasteiger partial charge in [-0.1, -0.05) is 0 Å². The molecule has 2 saturated heterocycles. The highest BCUT2D eigenvalue weighted by Crippen LogP contribution is 2.36. The van der Waals surface area contributed by atoms with Crippen molar-refractivity contribution in [3.8, 4) is 0 Å². The van der Waals surface area contributed by atoms with Crippen molar-refractivity contribution in [1.82, 2.24) is 10.2 Å². The Morgan fingerprint density at radius 2 is 1.83 bits per heavy atom. The monoisotopic (exact) mass is 334 g/mol. The number of rotatable bonds is 2. The van der Waals surface area contributed by atoms with Crippen molar-refractivity contribution in [3.63, 3.8) is 0 Å². The molecule has 1 aromatic rings. The summed E-state index contributed by atoms with van der Waals surface area (Å²) in [6.45, 7) is 7.46. The maximum Gasteiger partial charge on any atom is 0.410 e. The molecule has 0 aromatic carbocycles. The highest BCUT2D eigenvalue weighted by Gasteiger charge is 2.45. The van der Waals surface area contributed by atoms with Crippen LogP contribution in [0.4, 0.5) is 4.79 Å². The van der Waals surface area contributed by atoms with Gasteiger partial charge in [-0.3, -0.25) is 4.79 Å². The number of carbonyl (C=O) groups is 2. The molecule has 0 spiro atoms. The molecule has 0 saturated carbocycles. The highest BCUT2D eigenvalue weighted by atomic mass is 16.6. The number of ether oxygens (including phenoxy) is 1. The van der Waals surface area contributed by atoms with E-state index in [2.05, 4.69) is 5.32 Å². The predicted molar refractivity (Wildman–Crippen MR) is 88.8 cm³/mol. The number of aryl methyl sites for hydroxylation is 1. The van der Waals surface area contributed by atoms with E-state index in [-0.39, 0.29) is 30.1 Å². The molecule has 132 valence electrons. The molecule has 0 aliphatic carbocycles. The Bertz CT molecular complexity index is 617. The Morgan fingerprint density at radius 1 is 1.21 bits per heavy atom. The number of carbonyl (C=O) groups excluding carboxylic acids is 2. The van der Waals surface area contributed by atoms with Gasteiger partial charge in [0, 0.05) is 18.1 Å². The zero-order chi connectivity index (χ0) is 17.5. The fourth-order valence-corrected chi connectivity index (χ4v) is 3.72. The third kappa shape index (κ3) is 3.57. The normalized spacial score (nSPS) is 26.3. The number of hydrogen-bond donors (Lipinski definition) is 1. The van der Waals surface area contributed by atoms with Gasteiger partial charge < -0.3 is 19.4 Å². The van der Waals surface area contributed by atoms with Gasteiger partial charge in [-0.15, -0.1) is 0 Å². The molecule has 1 N–H and O–H groups in total. The number of nitrogens with one attached hydrogen (secondary N) is 1. The molecule has 24 heavy (non-hydrogen) atoms. The average Bonchev–Trinajstić information content (AvgIpc) is 2.99. The van der Waals surface area contributed by atoms with E-state index in [1.54, 1.807) is 12.1 Å². The Balaban J connectivity index is 1.61. The van der Waals surface area contributed by atoms with Crippen LogP contribution < -0.4 is 5.32 Å². The summed E-state index contributed by atoms with van der Waals surface area (Å²) >= 11 is 0. The summed E-state index contributed by atoms with van der Waals surface area (Å²) < 4.78 is 10.9. The van der Waals surface area contributed by atoms with Crippen LogP contribution in [0.25, 0.3) is 0 Å². The summed E-state index contributed by atoms with van der Waals surface area (Å²) in [6.07, 6.45) is 3.23. The zero-order valence-corrected chi connectivity index (χ0v) is 14.8. The smallest absolute Gasteiger partial charge is 0.410 e. The Kier molecular flexibility index (Phi) is 4.32. The van der Waals surface area contributed by atoms with Gasteiger partial charge in [0.2, 0.25) is 0 Å². The van der Waals surface area contributed by atoms with Crippen LogP contribution in [0.3, 0.4) is 0 Å². The lowest BCUT2D eigenvalue weighted by Crippen LogP contribution is -2.53. The second kappa shape index (κ2) is 6.15. The number of nitrogens with zero attached hydrogens (tertiary/aromatic N) is 1. The number of piperidine rings is 1. The van der Waals surface area contributed by atoms with E-state index in [0.717, 1.165) is 31.4 Å². The van der Waals surface area contributed by atoms with Crippen LogP contribution in [-0.2, 0) is 4.74 Å². The summed E-state index contributed by atoms with van der Waals surface area (Å²) in [5.74, 6) is 0.882. The minimum Gasteiger partial charge on any atom is -0.456 e. The molecule has 6 nitrogen and oxygen atoms in total. The Morgan fingerprint density at radius 3 is 2.33 bits per heavy atom. The molecule has 2 amide bonds. The van der Waals surface area contributed by atoms with Crippen molar-refractivity contribution in [2.24, 2.45) is 0 Å². The van der Waals surface area contributed by atoms with Gasteiger partial charge in [0.25, 0.3) is 5.91 Å². The zero-order valence-electron chi connectivity index (χ0n) is 14.8. The first-order valence-electron chi connectivity index (χ1n) is 8.61. The first-order valence-corrected chi connectivity index (χ1v) is 8.61. The van der Waals surface area contributed by atoms with Gasteiger partial charge in [-0.05, 0) is 65.5 Å².